The van der Waals surface area contributed by atoms with E-state index in [0.29, 0.717) is 0 Å². The fraction of sp³-hybridized carbons (Fsp3) is 0.625. The van der Waals surface area contributed by atoms with E-state index < -0.39 is 5.97 Å². The van der Waals surface area contributed by atoms with Crippen molar-refractivity contribution >= 4 is 18.4 Å². The normalized spacial score (nSPS) is 14.3. The van der Waals surface area contributed by atoms with Gasteiger partial charge in [0, 0.05) is 0 Å². The van der Waals surface area contributed by atoms with Crippen LogP contribution in [-0.2, 0) is 24.2 Å². The first-order chi connectivity index (χ1) is 6.27. The minimum absolute atomic E-state index is 0. The van der Waals surface area contributed by atoms with Gasteiger partial charge in [0.15, 0.2) is 0 Å². The zero-order chi connectivity index (χ0) is 9.26. The number of hydrogen-bond acceptors (Lipinski definition) is 3. The zero-order valence-electron chi connectivity index (χ0n) is 7.64. The third kappa shape index (κ3) is 2.04. The van der Waals surface area contributed by atoms with Crippen LogP contribution in [0.5, 0.6) is 0 Å². The number of hydrogen-bond donors (Lipinski definition) is 1. The van der Waals surface area contributed by atoms with Crippen molar-refractivity contribution in [3.05, 3.63) is 11.4 Å². The lowest BCUT2D eigenvalue weighted by atomic mass is 10.0. The zero-order valence-corrected chi connectivity index (χ0v) is 8.46. The number of carbonyl (C=O) groups is 1. The molecule has 0 unspecified atom stereocenters. The minimum atomic E-state index is -0.863. The summed E-state index contributed by atoms with van der Waals surface area (Å²) >= 11 is 0. The Kier molecular flexibility index (Phi) is 3.46. The molecule has 2 rings (SSSR count). The van der Waals surface area contributed by atoms with Crippen LogP contribution < -0.4 is 0 Å². The Morgan fingerprint density at radius 1 is 1.43 bits per heavy atom. The smallest absolute Gasteiger partial charge is 0.325 e. The number of nitrogens with zero attached hydrogens (tertiary/aromatic N) is 3. The molecular weight excluding hydrogens is 206 g/mol. The quantitative estimate of drug-likeness (QED) is 0.791. The van der Waals surface area contributed by atoms with Crippen molar-refractivity contribution in [3.8, 4) is 0 Å². The van der Waals surface area contributed by atoms with E-state index in [4.69, 9.17) is 5.11 Å². The summed E-state index contributed by atoms with van der Waals surface area (Å²) in [4.78, 5) is 10.5. The van der Waals surface area contributed by atoms with E-state index >= 15 is 0 Å². The molecule has 1 N–H and O–H groups in total. The molecule has 0 fully saturated rings. The monoisotopic (exact) mass is 217 g/mol. The van der Waals surface area contributed by atoms with Crippen molar-refractivity contribution in [2.45, 2.75) is 32.2 Å². The molecule has 0 radical (unpaired) electrons. The van der Waals surface area contributed by atoms with Gasteiger partial charge in [-0.2, -0.15) is 0 Å². The number of aromatic nitrogens is 3. The van der Waals surface area contributed by atoms with Gasteiger partial charge in [-0.25, -0.2) is 4.68 Å². The standard InChI is InChI=1S/C8H11N3O2.ClH/c12-8(13)5-11-7-4-2-1-3-6(7)9-10-11;/h1-5H2,(H,12,13);1H. The van der Waals surface area contributed by atoms with E-state index in [2.05, 4.69) is 10.3 Å². The molecule has 14 heavy (non-hydrogen) atoms. The summed E-state index contributed by atoms with van der Waals surface area (Å²) < 4.78 is 1.50. The number of rotatable bonds is 2. The Morgan fingerprint density at radius 3 is 2.86 bits per heavy atom. The summed E-state index contributed by atoms with van der Waals surface area (Å²) in [6.45, 7) is -0.0671. The van der Waals surface area contributed by atoms with Crippen molar-refractivity contribution in [2.24, 2.45) is 0 Å². The SMILES string of the molecule is Cl.O=C(O)Cn1nnc2c1CCCC2. The van der Waals surface area contributed by atoms with Gasteiger partial charge in [-0.1, -0.05) is 5.21 Å². The molecule has 0 atom stereocenters. The summed E-state index contributed by atoms with van der Waals surface area (Å²) in [6, 6.07) is 0. The number of halogens is 1. The number of aliphatic carboxylic acids is 1. The molecule has 0 spiro atoms. The van der Waals surface area contributed by atoms with Crippen molar-refractivity contribution in [1.82, 2.24) is 15.0 Å². The Morgan fingerprint density at radius 2 is 2.14 bits per heavy atom. The van der Waals surface area contributed by atoms with Gasteiger partial charge in [0.2, 0.25) is 0 Å². The van der Waals surface area contributed by atoms with Gasteiger partial charge in [-0.15, -0.1) is 17.5 Å². The highest BCUT2D eigenvalue weighted by molar-refractivity contribution is 5.85. The molecule has 0 saturated heterocycles. The van der Waals surface area contributed by atoms with E-state index in [1.165, 1.54) is 4.68 Å². The maximum atomic E-state index is 10.5. The first kappa shape index (κ1) is 11.0. The van der Waals surface area contributed by atoms with E-state index in [1.54, 1.807) is 0 Å². The molecule has 6 heteroatoms. The van der Waals surface area contributed by atoms with Crippen LogP contribution in [0.3, 0.4) is 0 Å². The molecule has 1 heterocycles. The van der Waals surface area contributed by atoms with Gasteiger partial charge >= 0.3 is 5.97 Å². The lowest BCUT2D eigenvalue weighted by molar-refractivity contribution is -0.138. The maximum Gasteiger partial charge on any atom is 0.325 e. The lowest BCUT2D eigenvalue weighted by Gasteiger charge is -2.10. The molecule has 0 saturated carbocycles. The third-order valence-corrected chi connectivity index (χ3v) is 2.28. The summed E-state index contributed by atoms with van der Waals surface area (Å²) in [5, 5.41) is 16.4. The minimum Gasteiger partial charge on any atom is -0.480 e. The Bertz CT molecular complexity index is 337. The number of carboxylic acid groups (broad SMARTS) is 1. The molecule has 5 nitrogen and oxygen atoms in total. The molecule has 0 aliphatic heterocycles. The van der Waals surface area contributed by atoms with Crippen molar-refractivity contribution < 1.29 is 9.90 Å². The summed E-state index contributed by atoms with van der Waals surface area (Å²) in [5.74, 6) is -0.863. The van der Waals surface area contributed by atoms with Gasteiger partial charge in [0.1, 0.15) is 6.54 Å². The van der Waals surface area contributed by atoms with E-state index in [9.17, 15) is 4.79 Å². The second-order valence-corrected chi connectivity index (χ2v) is 3.24. The van der Waals surface area contributed by atoms with Gasteiger partial charge in [0.05, 0.1) is 11.4 Å². The number of fused-ring (bicyclic) bond motifs is 1. The van der Waals surface area contributed by atoms with Crippen molar-refractivity contribution in [1.29, 1.82) is 0 Å². The van der Waals surface area contributed by atoms with Crippen LogP contribution in [0.25, 0.3) is 0 Å². The fourth-order valence-electron chi connectivity index (χ4n) is 1.68. The molecule has 1 aliphatic carbocycles. The van der Waals surface area contributed by atoms with Crippen molar-refractivity contribution in [2.75, 3.05) is 0 Å². The Hall–Kier alpha value is -1.10. The topological polar surface area (TPSA) is 68.0 Å². The predicted molar refractivity (Wildman–Crippen MR) is 51.5 cm³/mol. The highest BCUT2D eigenvalue weighted by Gasteiger charge is 2.17. The summed E-state index contributed by atoms with van der Waals surface area (Å²) in [6.07, 6.45) is 4.10. The van der Waals surface area contributed by atoms with Gasteiger partial charge in [-0.3, -0.25) is 4.79 Å². The highest BCUT2D eigenvalue weighted by Crippen LogP contribution is 2.18. The van der Waals surface area contributed by atoms with Crippen LogP contribution in [0, 0.1) is 0 Å². The van der Waals surface area contributed by atoms with Crippen LogP contribution in [0.2, 0.25) is 0 Å². The van der Waals surface area contributed by atoms with Crippen LogP contribution in [0.1, 0.15) is 24.2 Å². The molecule has 0 aromatic carbocycles. The molecule has 78 valence electrons. The predicted octanol–water partition coefficient (Wildman–Crippen LogP) is 0.663. The van der Waals surface area contributed by atoms with Crippen LogP contribution in [-0.4, -0.2) is 26.1 Å². The molecule has 0 bridgehead atoms. The highest BCUT2D eigenvalue weighted by atomic mass is 35.5. The van der Waals surface area contributed by atoms with Gasteiger partial charge in [0.25, 0.3) is 0 Å². The first-order valence-corrected chi connectivity index (χ1v) is 4.40. The van der Waals surface area contributed by atoms with Crippen molar-refractivity contribution in [3.63, 3.8) is 0 Å². The first-order valence-electron chi connectivity index (χ1n) is 4.40. The average molecular weight is 218 g/mol. The summed E-state index contributed by atoms with van der Waals surface area (Å²) in [5.41, 5.74) is 1.99. The number of aryl methyl sites for hydroxylation is 1. The van der Waals surface area contributed by atoms with Crippen LogP contribution >= 0.6 is 12.4 Å². The molecular formula is C8H12ClN3O2. The summed E-state index contributed by atoms with van der Waals surface area (Å²) in [7, 11) is 0. The van der Waals surface area contributed by atoms with E-state index in [-0.39, 0.29) is 19.0 Å². The van der Waals surface area contributed by atoms with Gasteiger partial charge in [-0.05, 0) is 25.7 Å². The lowest BCUT2D eigenvalue weighted by Crippen LogP contribution is -2.15. The largest absolute Gasteiger partial charge is 0.480 e. The molecule has 0 amide bonds. The third-order valence-electron chi connectivity index (χ3n) is 2.28. The van der Waals surface area contributed by atoms with Crippen LogP contribution in [0.4, 0.5) is 0 Å². The Labute approximate surface area is 87.5 Å². The molecule has 1 aromatic heterocycles. The fourth-order valence-corrected chi connectivity index (χ4v) is 1.68. The second-order valence-electron chi connectivity index (χ2n) is 3.24. The second kappa shape index (κ2) is 4.41. The van der Waals surface area contributed by atoms with E-state index in [0.717, 1.165) is 37.1 Å². The number of carboxylic acids is 1. The van der Waals surface area contributed by atoms with E-state index in [1.807, 2.05) is 0 Å². The Balaban J connectivity index is 0.000000980. The van der Waals surface area contributed by atoms with Gasteiger partial charge < -0.3 is 5.11 Å². The maximum absolute atomic E-state index is 10.5. The average Bonchev–Trinajstić information content (AvgIpc) is 2.48. The molecule has 1 aliphatic rings. The van der Waals surface area contributed by atoms with Crippen LogP contribution in [0.15, 0.2) is 0 Å². The molecule has 1 aromatic rings.